The lowest BCUT2D eigenvalue weighted by Crippen LogP contribution is -2.33. The summed E-state index contributed by atoms with van der Waals surface area (Å²) >= 11 is 0. The number of hydrazone groups is 1. The van der Waals surface area contributed by atoms with Gasteiger partial charge in [0, 0.05) is 0 Å². The highest BCUT2D eigenvalue weighted by atomic mass is 16.6. The number of nitrogens with zero attached hydrogens (tertiary/aromatic N) is 5. The highest BCUT2D eigenvalue weighted by molar-refractivity contribution is 5.99. The topological polar surface area (TPSA) is 164 Å². The number of hydrogen-bond donors (Lipinski definition) is 5. The number of aromatic nitrogens is 4. The quantitative estimate of drug-likeness (QED) is 0.290. The van der Waals surface area contributed by atoms with Gasteiger partial charge in [-0.2, -0.15) is 15.1 Å². The molecule has 0 bridgehead atoms. The summed E-state index contributed by atoms with van der Waals surface area (Å²) in [5.74, 6) is 0.259. The van der Waals surface area contributed by atoms with Crippen LogP contribution in [0.25, 0.3) is 11.2 Å². The van der Waals surface area contributed by atoms with E-state index in [1.165, 1.54) is 10.9 Å². The molecule has 4 rings (SSSR count). The van der Waals surface area contributed by atoms with Gasteiger partial charge < -0.3 is 25.8 Å². The number of nitrogen functional groups attached to an aromatic ring is 1. The van der Waals surface area contributed by atoms with Gasteiger partial charge in [-0.1, -0.05) is 30.3 Å². The molecule has 0 spiro atoms. The van der Waals surface area contributed by atoms with Crippen molar-refractivity contribution in [3.8, 4) is 0 Å². The molecule has 3 aromatic rings. The van der Waals surface area contributed by atoms with Gasteiger partial charge in [0.15, 0.2) is 17.7 Å². The maximum absolute atomic E-state index is 10.3. The molecule has 1 unspecified atom stereocenters. The van der Waals surface area contributed by atoms with Gasteiger partial charge in [-0.3, -0.25) is 4.57 Å². The SMILES string of the molecule is C/C(=N\Nc1nc(N)c2ncn(C3O[C@H](CO)[C@@H](O)[C@H]3O)c2n1)c1ccccc1. The molecular weight excluding hydrogens is 378 g/mol. The van der Waals surface area contributed by atoms with Crippen molar-refractivity contribution in [2.24, 2.45) is 5.10 Å². The van der Waals surface area contributed by atoms with Crippen LogP contribution in [-0.4, -0.2) is 65.5 Å². The Morgan fingerprint density at radius 2 is 2.00 bits per heavy atom. The fraction of sp³-hybridized carbons (Fsp3) is 0.333. The van der Waals surface area contributed by atoms with Gasteiger partial charge in [0.1, 0.15) is 23.8 Å². The van der Waals surface area contributed by atoms with Gasteiger partial charge in [-0.15, -0.1) is 0 Å². The van der Waals surface area contributed by atoms with Gasteiger partial charge >= 0.3 is 0 Å². The molecule has 0 amide bonds. The smallest absolute Gasteiger partial charge is 0.247 e. The van der Waals surface area contributed by atoms with Gasteiger partial charge in [0.05, 0.1) is 18.6 Å². The molecule has 11 nitrogen and oxygen atoms in total. The number of ether oxygens (including phenoxy) is 1. The Bertz CT molecular complexity index is 1040. The van der Waals surface area contributed by atoms with Gasteiger partial charge in [0.2, 0.25) is 5.95 Å². The molecule has 1 saturated heterocycles. The lowest BCUT2D eigenvalue weighted by atomic mass is 10.1. The second-order valence-corrected chi connectivity index (χ2v) is 6.66. The number of imidazole rings is 1. The minimum absolute atomic E-state index is 0.121. The van der Waals surface area contributed by atoms with Gasteiger partial charge in [0.25, 0.3) is 0 Å². The Morgan fingerprint density at radius 3 is 2.69 bits per heavy atom. The third kappa shape index (κ3) is 3.51. The van der Waals surface area contributed by atoms with E-state index >= 15 is 0 Å². The second-order valence-electron chi connectivity index (χ2n) is 6.66. The average molecular weight is 399 g/mol. The number of aliphatic hydroxyl groups excluding tert-OH is 3. The molecule has 2 aromatic heterocycles. The zero-order valence-electron chi connectivity index (χ0n) is 15.5. The molecule has 152 valence electrons. The predicted molar refractivity (Wildman–Crippen MR) is 105 cm³/mol. The summed E-state index contributed by atoms with van der Waals surface area (Å²) in [6.07, 6.45) is -3.02. The number of nitrogens with two attached hydrogens (primary N) is 1. The van der Waals surface area contributed by atoms with E-state index in [9.17, 15) is 15.3 Å². The molecule has 0 aliphatic carbocycles. The van der Waals surface area contributed by atoms with Crippen molar-refractivity contribution in [1.82, 2.24) is 19.5 Å². The molecule has 11 heteroatoms. The number of hydrogen-bond acceptors (Lipinski definition) is 10. The van der Waals surface area contributed by atoms with Crippen LogP contribution in [0.1, 0.15) is 18.7 Å². The van der Waals surface area contributed by atoms with Crippen molar-refractivity contribution in [2.45, 2.75) is 31.5 Å². The average Bonchev–Trinajstić information content (AvgIpc) is 3.28. The second kappa shape index (κ2) is 7.72. The molecule has 0 radical (unpaired) electrons. The lowest BCUT2D eigenvalue weighted by Gasteiger charge is -2.16. The number of aliphatic hydroxyl groups is 3. The molecule has 1 aromatic carbocycles. The molecule has 0 saturated carbocycles. The third-order valence-electron chi connectivity index (χ3n) is 4.75. The molecule has 1 aliphatic rings. The van der Waals surface area contributed by atoms with E-state index in [0.717, 1.165) is 11.3 Å². The Morgan fingerprint density at radius 1 is 1.24 bits per heavy atom. The van der Waals surface area contributed by atoms with Crippen LogP contribution in [0.15, 0.2) is 41.8 Å². The lowest BCUT2D eigenvalue weighted by molar-refractivity contribution is -0.0511. The highest BCUT2D eigenvalue weighted by Crippen LogP contribution is 2.32. The van der Waals surface area contributed by atoms with Crippen molar-refractivity contribution in [1.29, 1.82) is 0 Å². The first-order chi connectivity index (χ1) is 14.0. The fourth-order valence-electron chi connectivity index (χ4n) is 3.16. The first-order valence-corrected chi connectivity index (χ1v) is 8.98. The third-order valence-corrected chi connectivity index (χ3v) is 4.75. The summed E-state index contributed by atoms with van der Waals surface area (Å²) in [5.41, 5.74) is 11.0. The number of fused-ring (bicyclic) bond motifs is 1. The van der Waals surface area contributed by atoms with E-state index in [1.807, 2.05) is 37.3 Å². The maximum Gasteiger partial charge on any atom is 0.247 e. The molecular formula is C18H21N7O4. The van der Waals surface area contributed by atoms with E-state index < -0.39 is 31.1 Å². The summed E-state index contributed by atoms with van der Waals surface area (Å²) in [5, 5.41) is 33.9. The maximum atomic E-state index is 10.3. The van der Waals surface area contributed by atoms with E-state index in [1.54, 1.807) is 0 Å². The van der Waals surface area contributed by atoms with Crippen LogP contribution >= 0.6 is 0 Å². The first kappa shape index (κ1) is 19.2. The van der Waals surface area contributed by atoms with E-state index in [-0.39, 0.29) is 11.8 Å². The molecule has 4 atom stereocenters. The van der Waals surface area contributed by atoms with Crippen LogP contribution in [0, 0.1) is 0 Å². The minimum atomic E-state index is -1.27. The Labute approximate surface area is 165 Å². The van der Waals surface area contributed by atoms with Gasteiger partial charge in [-0.05, 0) is 12.5 Å². The van der Waals surface area contributed by atoms with Crippen LogP contribution in [-0.2, 0) is 4.74 Å². The summed E-state index contributed by atoms with van der Waals surface area (Å²) in [6.45, 7) is 1.41. The predicted octanol–water partition coefficient (Wildman–Crippen LogP) is -0.144. The zero-order chi connectivity index (χ0) is 20.5. The first-order valence-electron chi connectivity index (χ1n) is 8.98. The summed E-state index contributed by atoms with van der Waals surface area (Å²) in [4.78, 5) is 12.7. The van der Waals surface area contributed by atoms with Crippen molar-refractivity contribution in [2.75, 3.05) is 17.8 Å². The Balaban J connectivity index is 1.65. The van der Waals surface area contributed by atoms with E-state index in [0.29, 0.717) is 11.2 Å². The van der Waals surface area contributed by atoms with E-state index in [2.05, 4.69) is 25.5 Å². The molecule has 29 heavy (non-hydrogen) atoms. The van der Waals surface area contributed by atoms with Gasteiger partial charge in [-0.25, -0.2) is 10.4 Å². The van der Waals surface area contributed by atoms with Crippen molar-refractivity contribution >= 4 is 28.6 Å². The van der Waals surface area contributed by atoms with Crippen molar-refractivity contribution in [3.63, 3.8) is 0 Å². The van der Waals surface area contributed by atoms with Crippen LogP contribution in [0.2, 0.25) is 0 Å². The number of nitrogens with one attached hydrogen (secondary N) is 1. The van der Waals surface area contributed by atoms with Crippen LogP contribution in [0.3, 0.4) is 0 Å². The molecule has 3 heterocycles. The van der Waals surface area contributed by atoms with Crippen molar-refractivity contribution in [3.05, 3.63) is 42.2 Å². The highest BCUT2D eigenvalue weighted by Gasteiger charge is 2.44. The van der Waals surface area contributed by atoms with Crippen molar-refractivity contribution < 1.29 is 20.1 Å². The number of anilines is 2. The standard InChI is InChI=1S/C18H21N7O4/c1-9(10-5-3-2-4-6-10)23-24-18-21-15(19)12-16(22-18)25(8-20-12)17-14(28)13(27)11(7-26)29-17/h2-6,8,11,13-14,17,26-28H,7H2,1H3,(H3,19,21,22,24)/b23-9+/t11-,13-,14-,17?/m1/s1. The molecule has 1 aliphatic heterocycles. The Kier molecular flexibility index (Phi) is 5.11. The van der Waals surface area contributed by atoms with Crippen LogP contribution < -0.4 is 11.2 Å². The van der Waals surface area contributed by atoms with Crippen LogP contribution in [0.5, 0.6) is 0 Å². The summed E-state index contributed by atoms with van der Waals surface area (Å²) in [7, 11) is 0. The Hall–Kier alpha value is -3.12. The zero-order valence-corrected chi connectivity index (χ0v) is 15.5. The normalized spacial score (nSPS) is 24.9. The number of rotatable bonds is 5. The fourth-order valence-corrected chi connectivity index (χ4v) is 3.16. The summed E-state index contributed by atoms with van der Waals surface area (Å²) in [6, 6.07) is 9.59. The minimum Gasteiger partial charge on any atom is -0.394 e. The number of benzene rings is 1. The largest absolute Gasteiger partial charge is 0.394 e. The monoisotopic (exact) mass is 399 g/mol. The van der Waals surface area contributed by atoms with E-state index in [4.69, 9.17) is 10.5 Å². The molecule has 6 N–H and O–H groups in total. The summed E-state index contributed by atoms with van der Waals surface area (Å²) < 4.78 is 6.99. The van der Waals surface area contributed by atoms with Crippen LogP contribution in [0.4, 0.5) is 11.8 Å². The molecule has 1 fully saturated rings.